The number of methoxy groups -OCH3 is 1. The van der Waals surface area contributed by atoms with Crippen molar-refractivity contribution >= 4 is 12.0 Å². The molecule has 2 aromatic rings. The third-order valence-corrected chi connectivity index (χ3v) is 5.03. The van der Waals surface area contributed by atoms with E-state index < -0.39 is 5.60 Å². The Morgan fingerprint density at radius 2 is 1.87 bits per heavy atom. The number of fused-ring (bicyclic) bond motifs is 1. The van der Waals surface area contributed by atoms with Crippen molar-refractivity contribution in [3.8, 4) is 5.75 Å². The monoisotopic (exact) mass is 414 g/mol. The van der Waals surface area contributed by atoms with Gasteiger partial charge in [0, 0.05) is 25.6 Å². The van der Waals surface area contributed by atoms with E-state index in [0.717, 1.165) is 22.6 Å². The molecular weight excluding hydrogens is 384 g/mol. The van der Waals surface area contributed by atoms with Crippen LogP contribution < -0.4 is 10.1 Å². The Bertz CT molecular complexity index is 928. The molecule has 1 aliphatic rings. The minimum Gasteiger partial charge on any atom is -0.497 e. The van der Waals surface area contributed by atoms with Gasteiger partial charge < -0.3 is 19.7 Å². The molecule has 1 aliphatic heterocycles. The summed E-state index contributed by atoms with van der Waals surface area (Å²) in [6, 6.07) is 7.38. The molecule has 0 aliphatic carbocycles. The highest BCUT2D eigenvalue weighted by Crippen LogP contribution is 2.25. The van der Waals surface area contributed by atoms with Crippen LogP contribution in [0.2, 0.25) is 0 Å². The lowest BCUT2D eigenvalue weighted by atomic mass is 10.0. The fourth-order valence-electron chi connectivity index (χ4n) is 3.51. The molecule has 30 heavy (non-hydrogen) atoms. The van der Waals surface area contributed by atoms with Crippen molar-refractivity contribution < 1.29 is 19.1 Å². The second kappa shape index (κ2) is 8.38. The van der Waals surface area contributed by atoms with E-state index in [1.165, 1.54) is 0 Å². The van der Waals surface area contributed by atoms with Gasteiger partial charge in [-0.05, 0) is 45.4 Å². The van der Waals surface area contributed by atoms with Gasteiger partial charge in [-0.25, -0.2) is 4.79 Å². The number of hydrogen-bond donors (Lipinski definition) is 1. The molecule has 1 unspecified atom stereocenters. The number of aromatic nitrogens is 2. The summed E-state index contributed by atoms with van der Waals surface area (Å²) in [4.78, 5) is 27.2. The lowest BCUT2D eigenvalue weighted by molar-refractivity contribution is 0.0222. The number of aryl methyl sites for hydroxylation is 1. The number of nitrogens with one attached hydrogen (secondary N) is 1. The molecule has 3 rings (SSSR count). The van der Waals surface area contributed by atoms with Crippen LogP contribution in [-0.4, -0.2) is 45.9 Å². The molecule has 8 heteroatoms. The Morgan fingerprint density at radius 3 is 2.47 bits per heavy atom. The number of rotatable bonds is 4. The molecule has 0 radical (unpaired) electrons. The van der Waals surface area contributed by atoms with E-state index in [2.05, 4.69) is 10.4 Å². The summed E-state index contributed by atoms with van der Waals surface area (Å²) in [7, 11) is 3.37. The van der Waals surface area contributed by atoms with Gasteiger partial charge in [0.2, 0.25) is 0 Å². The van der Waals surface area contributed by atoms with Crippen molar-refractivity contribution in [2.24, 2.45) is 7.05 Å². The van der Waals surface area contributed by atoms with Crippen LogP contribution in [0.15, 0.2) is 24.3 Å². The van der Waals surface area contributed by atoms with Gasteiger partial charge in [-0.15, -0.1) is 0 Å². The molecule has 1 N–H and O–H groups in total. The molecule has 0 saturated carbocycles. The average molecular weight is 415 g/mol. The fourth-order valence-corrected chi connectivity index (χ4v) is 3.51. The van der Waals surface area contributed by atoms with E-state index in [1.54, 1.807) is 23.7 Å². The van der Waals surface area contributed by atoms with E-state index in [4.69, 9.17) is 9.47 Å². The predicted octanol–water partition coefficient (Wildman–Crippen LogP) is 3.21. The van der Waals surface area contributed by atoms with Gasteiger partial charge in [0.15, 0.2) is 0 Å². The molecule has 1 aromatic carbocycles. The second-order valence-electron chi connectivity index (χ2n) is 8.52. The van der Waals surface area contributed by atoms with E-state index in [9.17, 15) is 9.59 Å². The first-order valence-electron chi connectivity index (χ1n) is 10.1. The van der Waals surface area contributed by atoms with Gasteiger partial charge >= 0.3 is 6.09 Å². The maximum absolute atomic E-state index is 13.1. The highest BCUT2D eigenvalue weighted by molar-refractivity contribution is 5.94. The number of ether oxygens (including phenoxy) is 2. The summed E-state index contributed by atoms with van der Waals surface area (Å²) in [6.45, 7) is 8.26. The quantitative estimate of drug-likeness (QED) is 0.830. The van der Waals surface area contributed by atoms with E-state index in [1.807, 2.05) is 52.0 Å². The topological polar surface area (TPSA) is 85.7 Å². The first-order valence-corrected chi connectivity index (χ1v) is 10.1. The van der Waals surface area contributed by atoms with Crippen LogP contribution in [0.3, 0.4) is 0 Å². The smallest absolute Gasteiger partial charge is 0.410 e. The minimum absolute atomic E-state index is 0.195. The van der Waals surface area contributed by atoms with Gasteiger partial charge in [0.25, 0.3) is 5.91 Å². The first-order chi connectivity index (χ1) is 14.1. The molecule has 2 heterocycles. The van der Waals surface area contributed by atoms with Gasteiger partial charge in [0.05, 0.1) is 25.4 Å². The zero-order valence-corrected chi connectivity index (χ0v) is 18.5. The molecule has 1 atom stereocenters. The molecule has 0 fully saturated rings. The SMILES string of the molecule is COc1ccc(C(C)NC(=O)c2c3c(nn2C)CCN(C(=O)OC(C)(C)C)C3)cc1. The summed E-state index contributed by atoms with van der Waals surface area (Å²) in [5.41, 5.74) is 2.49. The predicted molar refractivity (Wildman–Crippen MR) is 112 cm³/mol. The molecule has 0 bridgehead atoms. The number of carbonyl (C=O) groups is 2. The standard InChI is InChI=1S/C22H30N4O4/c1-14(15-7-9-16(29-6)10-8-15)23-20(27)19-17-13-26(21(28)30-22(2,3)4)12-11-18(17)24-25(19)5/h7-10,14H,11-13H2,1-6H3,(H,23,27). The highest BCUT2D eigenvalue weighted by atomic mass is 16.6. The van der Waals surface area contributed by atoms with Crippen molar-refractivity contribution in [2.75, 3.05) is 13.7 Å². The second-order valence-corrected chi connectivity index (χ2v) is 8.52. The number of benzene rings is 1. The van der Waals surface area contributed by atoms with Crippen molar-refractivity contribution in [1.82, 2.24) is 20.0 Å². The lowest BCUT2D eigenvalue weighted by Gasteiger charge is -2.30. The van der Waals surface area contributed by atoms with Crippen LogP contribution in [0.25, 0.3) is 0 Å². The van der Waals surface area contributed by atoms with Crippen molar-refractivity contribution in [3.63, 3.8) is 0 Å². The third kappa shape index (κ3) is 4.75. The zero-order chi connectivity index (χ0) is 22.1. The summed E-state index contributed by atoms with van der Waals surface area (Å²) >= 11 is 0. The fraction of sp³-hybridized carbons (Fsp3) is 0.500. The highest BCUT2D eigenvalue weighted by Gasteiger charge is 2.31. The Morgan fingerprint density at radius 1 is 1.20 bits per heavy atom. The van der Waals surface area contributed by atoms with Crippen LogP contribution in [0.4, 0.5) is 4.79 Å². The van der Waals surface area contributed by atoms with Crippen LogP contribution in [0, 0.1) is 0 Å². The summed E-state index contributed by atoms with van der Waals surface area (Å²) in [5.74, 6) is 0.542. The van der Waals surface area contributed by atoms with Gasteiger partial charge in [0.1, 0.15) is 17.0 Å². The van der Waals surface area contributed by atoms with Gasteiger partial charge in [-0.2, -0.15) is 5.10 Å². The summed E-state index contributed by atoms with van der Waals surface area (Å²) in [5, 5.41) is 7.54. The number of hydrogen-bond acceptors (Lipinski definition) is 5. The summed E-state index contributed by atoms with van der Waals surface area (Å²) in [6.07, 6.45) is 0.207. The minimum atomic E-state index is -0.569. The Kier molecular flexibility index (Phi) is 6.05. The Labute approximate surface area is 177 Å². The molecule has 0 saturated heterocycles. The maximum Gasteiger partial charge on any atom is 0.410 e. The van der Waals surface area contributed by atoms with Crippen LogP contribution in [0.5, 0.6) is 5.75 Å². The van der Waals surface area contributed by atoms with Crippen LogP contribution >= 0.6 is 0 Å². The molecule has 162 valence electrons. The number of carbonyl (C=O) groups excluding carboxylic acids is 2. The Hall–Kier alpha value is -3.03. The first kappa shape index (κ1) is 21.7. The van der Waals surface area contributed by atoms with Crippen LogP contribution in [-0.2, 0) is 24.8 Å². The average Bonchev–Trinajstić information content (AvgIpc) is 3.01. The van der Waals surface area contributed by atoms with Crippen molar-refractivity contribution in [2.45, 2.75) is 52.3 Å². The van der Waals surface area contributed by atoms with Crippen molar-refractivity contribution in [1.29, 1.82) is 0 Å². The van der Waals surface area contributed by atoms with Crippen LogP contribution in [0.1, 0.15) is 61.0 Å². The third-order valence-electron chi connectivity index (χ3n) is 5.03. The van der Waals surface area contributed by atoms with Gasteiger partial charge in [-0.3, -0.25) is 9.48 Å². The molecular formula is C22H30N4O4. The van der Waals surface area contributed by atoms with Crippen molar-refractivity contribution in [3.05, 3.63) is 46.8 Å². The zero-order valence-electron chi connectivity index (χ0n) is 18.5. The van der Waals surface area contributed by atoms with E-state index in [0.29, 0.717) is 25.2 Å². The summed E-state index contributed by atoms with van der Waals surface area (Å²) < 4.78 is 12.3. The van der Waals surface area contributed by atoms with E-state index in [-0.39, 0.29) is 18.0 Å². The molecule has 0 spiro atoms. The molecule has 8 nitrogen and oxygen atoms in total. The molecule has 1 aromatic heterocycles. The Balaban J connectivity index is 1.76. The van der Waals surface area contributed by atoms with E-state index >= 15 is 0 Å². The van der Waals surface area contributed by atoms with Gasteiger partial charge in [-0.1, -0.05) is 12.1 Å². The number of amides is 2. The largest absolute Gasteiger partial charge is 0.497 e. The lowest BCUT2D eigenvalue weighted by Crippen LogP contribution is -2.40. The normalized spacial score (nSPS) is 14.7. The maximum atomic E-state index is 13.1. The molecule has 2 amide bonds. The number of nitrogens with zero attached hydrogens (tertiary/aromatic N) is 3.